The van der Waals surface area contributed by atoms with Gasteiger partial charge in [0.05, 0.1) is 18.4 Å². The molecule has 1 aromatic rings. The van der Waals surface area contributed by atoms with Gasteiger partial charge in [-0.3, -0.25) is 14.4 Å². The van der Waals surface area contributed by atoms with Gasteiger partial charge in [-0.25, -0.2) is 0 Å². The number of esters is 1. The van der Waals surface area contributed by atoms with Crippen LogP contribution in [0.1, 0.15) is 47.0 Å². The summed E-state index contributed by atoms with van der Waals surface area (Å²) in [6.07, 6.45) is 5.94. The van der Waals surface area contributed by atoms with Crippen LogP contribution in [0.5, 0.6) is 0 Å². The summed E-state index contributed by atoms with van der Waals surface area (Å²) in [6.45, 7) is 10.2. The molecule has 0 saturated carbocycles. The summed E-state index contributed by atoms with van der Waals surface area (Å²) in [5.41, 5.74) is 1.73. The average molecular weight is 500 g/mol. The van der Waals surface area contributed by atoms with Crippen molar-refractivity contribution in [1.29, 1.82) is 0 Å². The van der Waals surface area contributed by atoms with Crippen molar-refractivity contribution >= 4 is 29.2 Å². The maximum Gasteiger partial charge on any atom is 0.310 e. The molecule has 3 rings (SSSR count). The normalized spacial score (nSPS) is 25.0. The van der Waals surface area contributed by atoms with Crippen LogP contribution in [-0.2, 0) is 19.1 Å². The first-order valence-electron chi connectivity index (χ1n) is 13.3. The lowest BCUT2D eigenvalue weighted by Crippen LogP contribution is -2.44. The molecule has 2 aliphatic rings. The molecule has 36 heavy (non-hydrogen) atoms. The van der Waals surface area contributed by atoms with Crippen LogP contribution in [-0.4, -0.2) is 66.7 Å². The molecule has 2 N–H and O–H groups in total. The van der Waals surface area contributed by atoms with Crippen LogP contribution in [0.3, 0.4) is 0 Å². The summed E-state index contributed by atoms with van der Waals surface area (Å²) >= 11 is 0. The minimum Gasteiger partial charge on any atom is -0.466 e. The number of likely N-dealkylation sites (tertiary alicyclic amines) is 1. The lowest BCUT2D eigenvalue weighted by molar-refractivity contribution is -0.155. The number of benzene rings is 1. The van der Waals surface area contributed by atoms with Crippen molar-refractivity contribution in [2.24, 2.45) is 23.7 Å². The Morgan fingerprint density at radius 2 is 1.78 bits per heavy atom. The van der Waals surface area contributed by atoms with E-state index in [0.717, 1.165) is 31.6 Å². The second-order valence-corrected chi connectivity index (χ2v) is 9.48. The molecule has 0 unspecified atom stereocenters. The highest BCUT2D eigenvalue weighted by Gasteiger charge is 2.57. The predicted octanol–water partition coefficient (Wildman–Crippen LogP) is 3.46. The smallest absolute Gasteiger partial charge is 0.310 e. The van der Waals surface area contributed by atoms with Crippen molar-refractivity contribution in [3.8, 4) is 0 Å². The molecule has 8 heteroatoms. The van der Waals surface area contributed by atoms with Gasteiger partial charge in [0.1, 0.15) is 6.04 Å². The summed E-state index contributed by atoms with van der Waals surface area (Å²) in [4.78, 5) is 44.1. The van der Waals surface area contributed by atoms with Gasteiger partial charge < -0.3 is 25.0 Å². The molecule has 1 fully saturated rings. The Kier molecular flexibility index (Phi) is 9.93. The third-order valence-corrected chi connectivity index (χ3v) is 7.38. The monoisotopic (exact) mass is 499 g/mol. The van der Waals surface area contributed by atoms with E-state index in [0.29, 0.717) is 12.1 Å². The molecule has 1 aromatic carbocycles. The van der Waals surface area contributed by atoms with Crippen molar-refractivity contribution in [2.45, 2.75) is 53.0 Å². The number of aliphatic hydroxyl groups excluding tert-OH is 1. The third kappa shape index (κ3) is 5.75. The zero-order valence-electron chi connectivity index (χ0n) is 22.0. The number of carbonyl (C=O) groups is 3. The number of hydrogen-bond donors (Lipinski definition) is 2. The van der Waals surface area contributed by atoms with E-state index in [1.807, 2.05) is 43.3 Å². The first-order chi connectivity index (χ1) is 17.4. The summed E-state index contributed by atoms with van der Waals surface area (Å²) in [5, 5.41) is 12.4. The SMILES string of the molecule is CCC[C@@H]1C=C[C@H]2[C@@H](C(=O)N(CCCO)[C@@H]2C(=O)Nc2ccc(N(CC)CC)cc2)[C@@H]1C(=O)OCC. The third-order valence-electron chi connectivity index (χ3n) is 7.38. The Labute approximate surface area is 214 Å². The van der Waals surface area contributed by atoms with Gasteiger partial charge >= 0.3 is 5.97 Å². The van der Waals surface area contributed by atoms with E-state index in [-0.39, 0.29) is 43.5 Å². The average Bonchev–Trinajstić information content (AvgIpc) is 3.16. The van der Waals surface area contributed by atoms with E-state index < -0.39 is 23.8 Å². The highest BCUT2D eigenvalue weighted by atomic mass is 16.5. The lowest BCUT2D eigenvalue weighted by atomic mass is 9.69. The Morgan fingerprint density at radius 3 is 2.36 bits per heavy atom. The van der Waals surface area contributed by atoms with Crippen LogP contribution < -0.4 is 10.2 Å². The molecule has 5 atom stereocenters. The van der Waals surface area contributed by atoms with Crippen LogP contribution in [0.25, 0.3) is 0 Å². The first-order valence-corrected chi connectivity index (χ1v) is 13.3. The van der Waals surface area contributed by atoms with Gasteiger partial charge in [0, 0.05) is 43.5 Å². The van der Waals surface area contributed by atoms with Crippen LogP contribution in [0.2, 0.25) is 0 Å². The molecule has 0 bridgehead atoms. The minimum absolute atomic E-state index is 0.0874. The lowest BCUT2D eigenvalue weighted by Gasteiger charge is -2.33. The quantitative estimate of drug-likeness (QED) is 0.338. The standard InChI is InChI=1S/C28H41N3O5/c1-5-10-19-11-16-22-24(23(19)28(35)36-8-4)27(34)31(17-9-18-32)25(22)26(33)29-20-12-14-21(15-13-20)30(6-2)7-3/h11-16,19,22-25,32H,5-10,17-18H2,1-4H3,(H,29,33)/t19-,22+,23-,24-,25+/m1/s1. The maximum absolute atomic E-state index is 13.7. The molecule has 0 aromatic heterocycles. The van der Waals surface area contributed by atoms with Crippen LogP contribution in [0.4, 0.5) is 11.4 Å². The van der Waals surface area contributed by atoms with Gasteiger partial charge in [-0.2, -0.15) is 0 Å². The topological polar surface area (TPSA) is 99.2 Å². The number of rotatable bonds is 12. The van der Waals surface area contributed by atoms with E-state index >= 15 is 0 Å². The number of nitrogens with one attached hydrogen (secondary N) is 1. The number of anilines is 2. The highest BCUT2D eigenvalue weighted by Crippen LogP contribution is 2.45. The van der Waals surface area contributed by atoms with Crippen LogP contribution >= 0.6 is 0 Å². The summed E-state index contributed by atoms with van der Waals surface area (Å²) < 4.78 is 5.38. The molecular formula is C28H41N3O5. The van der Waals surface area contributed by atoms with Crippen molar-refractivity contribution < 1.29 is 24.2 Å². The van der Waals surface area contributed by atoms with Gasteiger partial charge in [0.15, 0.2) is 0 Å². The van der Waals surface area contributed by atoms with E-state index in [1.165, 1.54) is 0 Å². The fourth-order valence-electron chi connectivity index (χ4n) is 5.71. The van der Waals surface area contributed by atoms with Crippen LogP contribution in [0, 0.1) is 23.7 Å². The molecule has 8 nitrogen and oxygen atoms in total. The molecule has 2 amide bonds. The van der Waals surface area contributed by atoms with Crippen molar-refractivity contribution in [1.82, 2.24) is 4.90 Å². The molecule has 0 radical (unpaired) electrons. The van der Waals surface area contributed by atoms with Crippen molar-refractivity contribution in [3.05, 3.63) is 36.4 Å². The molecule has 0 spiro atoms. The number of aliphatic hydroxyl groups is 1. The molecule has 1 heterocycles. The van der Waals surface area contributed by atoms with Gasteiger partial charge in [-0.1, -0.05) is 25.5 Å². The number of nitrogens with zero attached hydrogens (tertiary/aromatic N) is 2. The number of hydrogen-bond acceptors (Lipinski definition) is 6. The van der Waals surface area contributed by atoms with Gasteiger partial charge in [-0.05, 0) is 63.8 Å². The summed E-state index contributed by atoms with van der Waals surface area (Å²) in [7, 11) is 0. The molecule has 1 aliphatic heterocycles. The Hall–Kier alpha value is -2.87. The largest absolute Gasteiger partial charge is 0.466 e. The van der Waals surface area contributed by atoms with Gasteiger partial charge in [0.25, 0.3) is 0 Å². The Morgan fingerprint density at radius 1 is 1.08 bits per heavy atom. The van der Waals surface area contributed by atoms with E-state index in [2.05, 4.69) is 24.1 Å². The fourth-order valence-corrected chi connectivity index (χ4v) is 5.71. The number of allylic oxidation sites excluding steroid dienone is 1. The summed E-state index contributed by atoms with van der Waals surface area (Å²) in [5.74, 6) is -2.68. The first kappa shape index (κ1) is 27.7. The predicted molar refractivity (Wildman–Crippen MR) is 140 cm³/mol. The van der Waals surface area contributed by atoms with Gasteiger partial charge in [0.2, 0.25) is 11.8 Å². The van der Waals surface area contributed by atoms with E-state index in [1.54, 1.807) is 11.8 Å². The number of amides is 2. The molecule has 1 aliphatic carbocycles. The number of carbonyl (C=O) groups excluding carboxylic acids is 3. The summed E-state index contributed by atoms with van der Waals surface area (Å²) in [6, 6.07) is 6.93. The zero-order valence-corrected chi connectivity index (χ0v) is 22.0. The van der Waals surface area contributed by atoms with Crippen molar-refractivity contribution in [3.63, 3.8) is 0 Å². The zero-order chi connectivity index (χ0) is 26.2. The van der Waals surface area contributed by atoms with E-state index in [9.17, 15) is 19.5 Å². The van der Waals surface area contributed by atoms with E-state index in [4.69, 9.17) is 4.74 Å². The fraction of sp³-hybridized carbons (Fsp3) is 0.607. The minimum atomic E-state index is -0.757. The second kappa shape index (κ2) is 12.9. The molecular weight excluding hydrogens is 458 g/mol. The number of fused-ring (bicyclic) bond motifs is 1. The molecule has 1 saturated heterocycles. The highest BCUT2D eigenvalue weighted by molar-refractivity contribution is 6.01. The second-order valence-electron chi connectivity index (χ2n) is 9.48. The van der Waals surface area contributed by atoms with Gasteiger partial charge in [-0.15, -0.1) is 0 Å². The van der Waals surface area contributed by atoms with Crippen LogP contribution in [0.15, 0.2) is 36.4 Å². The maximum atomic E-state index is 13.7. The Bertz CT molecular complexity index is 928. The van der Waals surface area contributed by atoms with Crippen molar-refractivity contribution in [2.75, 3.05) is 43.1 Å². The number of ether oxygens (including phenoxy) is 1. The molecule has 198 valence electrons. The Balaban J connectivity index is 1.90.